The third kappa shape index (κ3) is 3.97. The first-order chi connectivity index (χ1) is 7.99. The molecule has 0 aliphatic carbocycles. The van der Waals surface area contributed by atoms with Gasteiger partial charge in [0.1, 0.15) is 5.75 Å². The van der Waals surface area contributed by atoms with Gasteiger partial charge in [0.25, 0.3) is 0 Å². The topological polar surface area (TPSA) is 35.5 Å². The van der Waals surface area contributed by atoms with Crippen molar-refractivity contribution in [2.75, 3.05) is 20.0 Å². The summed E-state index contributed by atoms with van der Waals surface area (Å²) in [6, 6.07) is 7.79. The summed E-state index contributed by atoms with van der Waals surface area (Å²) in [5.41, 5.74) is -0.473. The number of hydrogen-bond acceptors (Lipinski definition) is 4. The first kappa shape index (κ1) is 13.9. The zero-order chi connectivity index (χ0) is 12.9. The second-order valence-electron chi connectivity index (χ2n) is 4.34. The Labute approximate surface area is 106 Å². The van der Waals surface area contributed by atoms with Gasteiger partial charge in [0, 0.05) is 10.6 Å². The molecule has 4 heteroatoms. The maximum Gasteiger partial charge on any atom is 0.312 e. The molecule has 0 aromatic heterocycles. The number of benzene rings is 1. The third-order valence-corrected chi connectivity index (χ3v) is 3.87. The molecule has 0 aliphatic heterocycles. The van der Waals surface area contributed by atoms with Gasteiger partial charge in [-0.25, -0.2) is 0 Å². The monoisotopic (exact) mass is 254 g/mol. The zero-order valence-electron chi connectivity index (χ0n) is 10.6. The fourth-order valence-corrected chi connectivity index (χ4v) is 2.24. The molecule has 0 bridgehead atoms. The third-order valence-electron chi connectivity index (χ3n) is 2.40. The van der Waals surface area contributed by atoms with Crippen molar-refractivity contribution < 1.29 is 14.3 Å². The average molecular weight is 254 g/mol. The molecule has 0 saturated carbocycles. The fraction of sp³-hybridized carbons (Fsp3) is 0.462. The lowest BCUT2D eigenvalue weighted by Crippen LogP contribution is -2.28. The second-order valence-corrected chi connectivity index (χ2v) is 5.39. The molecule has 0 spiro atoms. The van der Waals surface area contributed by atoms with Gasteiger partial charge in [0.05, 0.1) is 19.6 Å². The van der Waals surface area contributed by atoms with Gasteiger partial charge >= 0.3 is 5.97 Å². The Hall–Kier alpha value is -1.16. The van der Waals surface area contributed by atoms with E-state index in [9.17, 15) is 4.79 Å². The normalized spacial score (nSPS) is 11.1. The van der Waals surface area contributed by atoms with Gasteiger partial charge in [-0.3, -0.25) is 4.79 Å². The van der Waals surface area contributed by atoms with Crippen LogP contribution in [0.3, 0.4) is 0 Å². The highest BCUT2D eigenvalue weighted by Gasteiger charge is 2.28. The van der Waals surface area contributed by atoms with Crippen LogP contribution in [0.5, 0.6) is 5.75 Å². The van der Waals surface area contributed by atoms with Crippen LogP contribution >= 0.6 is 11.8 Å². The van der Waals surface area contributed by atoms with E-state index in [4.69, 9.17) is 9.47 Å². The Morgan fingerprint density at radius 3 is 2.29 bits per heavy atom. The van der Waals surface area contributed by atoms with Crippen molar-refractivity contribution >= 4 is 17.7 Å². The summed E-state index contributed by atoms with van der Waals surface area (Å²) in [4.78, 5) is 12.6. The van der Waals surface area contributed by atoms with Gasteiger partial charge in [-0.05, 0) is 38.1 Å². The molecule has 0 aliphatic rings. The molecular weight excluding hydrogens is 236 g/mol. The van der Waals surface area contributed by atoms with Gasteiger partial charge in [-0.2, -0.15) is 0 Å². The summed E-state index contributed by atoms with van der Waals surface area (Å²) in [5, 5.41) is 0. The molecule has 0 atom stereocenters. The molecule has 0 heterocycles. The number of thioether (sulfide) groups is 1. The minimum atomic E-state index is -0.473. The Balaban J connectivity index is 2.57. The van der Waals surface area contributed by atoms with Crippen LogP contribution in [0.4, 0.5) is 0 Å². The van der Waals surface area contributed by atoms with Crippen LogP contribution in [0, 0.1) is 5.41 Å². The van der Waals surface area contributed by atoms with E-state index in [1.165, 1.54) is 7.11 Å². The summed E-state index contributed by atoms with van der Waals surface area (Å²) >= 11 is 1.63. The Morgan fingerprint density at radius 1 is 1.24 bits per heavy atom. The predicted molar refractivity (Wildman–Crippen MR) is 69.5 cm³/mol. The van der Waals surface area contributed by atoms with Crippen molar-refractivity contribution in [3.8, 4) is 5.75 Å². The lowest BCUT2D eigenvalue weighted by Gasteiger charge is -2.20. The molecule has 1 rings (SSSR count). The van der Waals surface area contributed by atoms with Gasteiger partial charge in [-0.1, -0.05) is 0 Å². The van der Waals surface area contributed by atoms with Crippen LogP contribution in [0.15, 0.2) is 29.2 Å². The van der Waals surface area contributed by atoms with E-state index in [1.807, 2.05) is 38.1 Å². The molecule has 0 unspecified atom stereocenters. The van der Waals surface area contributed by atoms with Crippen LogP contribution < -0.4 is 4.74 Å². The molecule has 0 fully saturated rings. The number of carbonyl (C=O) groups is 1. The van der Waals surface area contributed by atoms with Crippen LogP contribution in [0.25, 0.3) is 0 Å². The molecule has 1 aromatic rings. The molecular formula is C13H18O3S. The van der Waals surface area contributed by atoms with Crippen molar-refractivity contribution in [3.05, 3.63) is 24.3 Å². The van der Waals surface area contributed by atoms with Crippen LogP contribution in [0.2, 0.25) is 0 Å². The lowest BCUT2D eigenvalue weighted by atomic mass is 9.97. The van der Waals surface area contributed by atoms with Crippen LogP contribution in [-0.4, -0.2) is 25.9 Å². The first-order valence-electron chi connectivity index (χ1n) is 5.35. The summed E-state index contributed by atoms with van der Waals surface area (Å²) in [6.07, 6.45) is 0. The maximum atomic E-state index is 11.5. The van der Waals surface area contributed by atoms with Crippen molar-refractivity contribution in [1.82, 2.24) is 0 Å². The quantitative estimate of drug-likeness (QED) is 0.598. The first-order valence-corrected chi connectivity index (χ1v) is 6.33. The molecule has 0 radical (unpaired) electrons. The van der Waals surface area contributed by atoms with E-state index in [2.05, 4.69) is 0 Å². The van der Waals surface area contributed by atoms with Gasteiger partial charge in [0.2, 0.25) is 0 Å². The van der Waals surface area contributed by atoms with E-state index in [1.54, 1.807) is 18.9 Å². The average Bonchev–Trinajstić information content (AvgIpc) is 2.36. The highest BCUT2D eigenvalue weighted by Crippen LogP contribution is 2.29. The standard InChI is InChI=1S/C13H18O3S/c1-13(2,12(14)16-4)9-17-11-7-5-10(15-3)6-8-11/h5-8H,9H2,1-4H3. The summed E-state index contributed by atoms with van der Waals surface area (Å²) < 4.78 is 9.85. The van der Waals surface area contributed by atoms with Crippen molar-refractivity contribution in [2.45, 2.75) is 18.7 Å². The highest BCUT2D eigenvalue weighted by atomic mass is 32.2. The Bertz CT molecular complexity index is 371. The largest absolute Gasteiger partial charge is 0.497 e. The molecule has 0 amide bonds. The highest BCUT2D eigenvalue weighted by molar-refractivity contribution is 7.99. The SMILES string of the molecule is COC(=O)C(C)(C)CSc1ccc(OC)cc1. The number of hydrogen-bond donors (Lipinski definition) is 0. The molecule has 3 nitrogen and oxygen atoms in total. The minimum absolute atomic E-state index is 0.182. The lowest BCUT2D eigenvalue weighted by molar-refractivity contribution is -0.149. The number of rotatable bonds is 5. The molecule has 0 N–H and O–H groups in total. The number of ether oxygens (including phenoxy) is 2. The minimum Gasteiger partial charge on any atom is -0.497 e. The van der Waals surface area contributed by atoms with Crippen molar-refractivity contribution in [3.63, 3.8) is 0 Å². The van der Waals surface area contributed by atoms with Crippen molar-refractivity contribution in [1.29, 1.82) is 0 Å². The summed E-state index contributed by atoms with van der Waals surface area (Å²) in [5.74, 6) is 1.34. The number of methoxy groups -OCH3 is 2. The molecule has 1 aromatic carbocycles. The van der Waals surface area contributed by atoms with Crippen molar-refractivity contribution in [2.24, 2.45) is 5.41 Å². The van der Waals surface area contributed by atoms with E-state index >= 15 is 0 Å². The van der Waals surface area contributed by atoms with Crippen LogP contribution in [0.1, 0.15) is 13.8 Å². The smallest absolute Gasteiger partial charge is 0.312 e. The number of carbonyl (C=O) groups excluding carboxylic acids is 1. The van der Waals surface area contributed by atoms with Gasteiger partial charge in [0.15, 0.2) is 0 Å². The summed E-state index contributed by atoms with van der Waals surface area (Å²) in [7, 11) is 3.06. The van der Waals surface area contributed by atoms with Gasteiger partial charge < -0.3 is 9.47 Å². The van der Waals surface area contributed by atoms with Crippen LogP contribution in [-0.2, 0) is 9.53 Å². The van der Waals surface area contributed by atoms with Gasteiger partial charge in [-0.15, -0.1) is 11.8 Å². The summed E-state index contributed by atoms with van der Waals surface area (Å²) in [6.45, 7) is 3.77. The Kier molecular flexibility index (Phi) is 4.87. The van der Waals surface area contributed by atoms with E-state index in [0.717, 1.165) is 10.6 Å². The zero-order valence-corrected chi connectivity index (χ0v) is 11.5. The molecule has 17 heavy (non-hydrogen) atoms. The maximum absolute atomic E-state index is 11.5. The van der Waals surface area contributed by atoms with E-state index in [0.29, 0.717) is 5.75 Å². The molecule has 0 saturated heterocycles. The Morgan fingerprint density at radius 2 is 1.82 bits per heavy atom. The van der Waals surface area contributed by atoms with E-state index < -0.39 is 5.41 Å². The fourth-order valence-electron chi connectivity index (χ4n) is 1.27. The number of esters is 1. The van der Waals surface area contributed by atoms with E-state index in [-0.39, 0.29) is 5.97 Å². The second kappa shape index (κ2) is 5.96. The molecule has 94 valence electrons. The predicted octanol–water partition coefficient (Wildman–Crippen LogP) is 2.99.